The third-order valence-electron chi connectivity index (χ3n) is 3.84. The molecule has 0 aliphatic carbocycles. The van der Waals surface area contributed by atoms with E-state index in [1.165, 1.54) is 12.8 Å². The molecule has 0 bridgehead atoms. The van der Waals surface area contributed by atoms with Crippen LogP contribution in [0.2, 0.25) is 0 Å². The summed E-state index contributed by atoms with van der Waals surface area (Å²) in [5.41, 5.74) is 1.01. The van der Waals surface area contributed by atoms with Crippen molar-refractivity contribution in [3.8, 4) is 0 Å². The van der Waals surface area contributed by atoms with Gasteiger partial charge >= 0.3 is 0 Å². The smallest absolute Gasteiger partial charge is 0.236 e. The molecule has 0 spiro atoms. The normalized spacial score (nSPS) is 17.6. The quantitative estimate of drug-likeness (QED) is 0.861. The van der Waals surface area contributed by atoms with E-state index in [1.54, 1.807) is 0 Å². The van der Waals surface area contributed by atoms with Gasteiger partial charge < -0.3 is 10.0 Å². The first-order chi connectivity index (χ1) is 9.81. The van der Waals surface area contributed by atoms with Crippen LogP contribution in [-0.2, 0) is 4.79 Å². The fraction of sp³-hybridized carbons (Fsp3) is 0.562. The predicted octanol–water partition coefficient (Wildman–Crippen LogP) is 1.71. The summed E-state index contributed by atoms with van der Waals surface area (Å²) in [6.45, 7) is 2.03. The molecule has 1 fully saturated rings. The summed E-state index contributed by atoms with van der Waals surface area (Å²) in [6, 6.07) is 9.58. The minimum Gasteiger partial charge on any atom is -0.394 e. The third-order valence-corrected chi connectivity index (χ3v) is 3.84. The summed E-state index contributed by atoms with van der Waals surface area (Å²) in [5.74, 6) is 0.140. The molecule has 110 valence electrons. The molecule has 0 aromatic heterocycles. The molecule has 4 nitrogen and oxygen atoms in total. The summed E-state index contributed by atoms with van der Waals surface area (Å²) in [7, 11) is 0. The standard InChI is InChI=1S/C16H24N2O2/c19-13-15(14-8-4-3-5-9-14)17-12-16(20)18-10-6-1-2-7-11-18/h3-5,8-9,15,17,19H,1-2,6-7,10-13H2. The third kappa shape index (κ3) is 4.32. The first kappa shape index (κ1) is 15.0. The second-order valence-corrected chi connectivity index (χ2v) is 5.32. The Morgan fingerprint density at radius 2 is 1.80 bits per heavy atom. The predicted molar refractivity (Wildman–Crippen MR) is 79.3 cm³/mol. The molecule has 1 atom stereocenters. The fourth-order valence-electron chi connectivity index (χ4n) is 2.62. The second-order valence-electron chi connectivity index (χ2n) is 5.32. The van der Waals surface area contributed by atoms with Crippen molar-refractivity contribution in [3.63, 3.8) is 0 Å². The van der Waals surface area contributed by atoms with Crippen molar-refractivity contribution in [2.75, 3.05) is 26.2 Å². The number of carbonyl (C=O) groups excluding carboxylic acids is 1. The number of hydrogen-bond acceptors (Lipinski definition) is 3. The summed E-state index contributed by atoms with van der Waals surface area (Å²) in [4.78, 5) is 14.1. The highest BCUT2D eigenvalue weighted by Crippen LogP contribution is 2.12. The number of likely N-dealkylation sites (tertiary alicyclic amines) is 1. The monoisotopic (exact) mass is 276 g/mol. The van der Waals surface area contributed by atoms with E-state index in [4.69, 9.17) is 0 Å². The van der Waals surface area contributed by atoms with Crippen LogP contribution in [0.3, 0.4) is 0 Å². The van der Waals surface area contributed by atoms with Crippen molar-refractivity contribution in [1.82, 2.24) is 10.2 Å². The lowest BCUT2D eigenvalue weighted by Gasteiger charge is -2.22. The zero-order valence-electron chi connectivity index (χ0n) is 11.9. The van der Waals surface area contributed by atoms with E-state index in [0.717, 1.165) is 31.5 Å². The second kappa shape index (κ2) is 8.02. The Bertz CT molecular complexity index is 400. The first-order valence-corrected chi connectivity index (χ1v) is 7.48. The SMILES string of the molecule is O=C(CNC(CO)c1ccccc1)N1CCCCCC1. The molecule has 20 heavy (non-hydrogen) atoms. The highest BCUT2D eigenvalue weighted by atomic mass is 16.3. The van der Waals surface area contributed by atoms with Crippen LogP contribution in [0, 0.1) is 0 Å². The van der Waals surface area contributed by atoms with Gasteiger partial charge in [0.2, 0.25) is 5.91 Å². The van der Waals surface area contributed by atoms with Gasteiger partial charge in [0.25, 0.3) is 0 Å². The van der Waals surface area contributed by atoms with E-state index in [-0.39, 0.29) is 18.6 Å². The molecule has 0 radical (unpaired) electrons. The van der Waals surface area contributed by atoms with E-state index < -0.39 is 0 Å². The number of aliphatic hydroxyl groups excluding tert-OH is 1. The average Bonchev–Trinajstić information content (AvgIpc) is 2.78. The molecule has 1 unspecified atom stereocenters. The Morgan fingerprint density at radius 3 is 2.40 bits per heavy atom. The molecule has 2 N–H and O–H groups in total. The number of aliphatic hydroxyl groups is 1. The lowest BCUT2D eigenvalue weighted by Crippen LogP contribution is -2.40. The van der Waals surface area contributed by atoms with Crippen molar-refractivity contribution in [2.45, 2.75) is 31.7 Å². The zero-order chi connectivity index (χ0) is 14.2. The van der Waals surface area contributed by atoms with E-state index in [1.807, 2.05) is 35.2 Å². The molecule has 2 rings (SSSR count). The maximum absolute atomic E-state index is 12.2. The number of hydrogen-bond donors (Lipinski definition) is 2. The van der Waals surface area contributed by atoms with E-state index in [2.05, 4.69) is 5.32 Å². The molecule has 1 aliphatic rings. The Morgan fingerprint density at radius 1 is 1.15 bits per heavy atom. The van der Waals surface area contributed by atoms with Gasteiger partial charge in [-0.25, -0.2) is 0 Å². The Labute approximate surface area is 120 Å². The van der Waals surface area contributed by atoms with Crippen molar-refractivity contribution in [1.29, 1.82) is 0 Å². The maximum Gasteiger partial charge on any atom is 0.236 e. The summed E-state index contributed by atoms with van der Waals surface area (Å²) >= 11 is 0. The molecule has 1 amide bonds. The van der Waals surface area contributed by atoms with Crippen LogP contribution in [0.1, 0.15) is 37.3 Å². The van der Waals surface area contributed by atoms with Gasteiger partial charge in [-0.2, -0.15) is 0 Å². The van der Waals surface area contributed by atoms with Crippen LogP contribution in [-0.4, -0.2) is 42.2 Å². The molecular weight excluding hydrogens is 252 g/mol. The summed E-state index contributed by atoms with van der Waals surface area (Å²) in [5, 5.41) is 12.6. The first-order valence-electron chi connectivity index (χ1n) is 7.48. The number of carbonyl (C=O) groups is 1. The average molecular weight is 276 g/mol. The van der Waals surface area contributed by atoms with Crippen LogP contribution in [0.15, 0.2) is 30.3 Å². The van der Waals surface area contributed by atoms with Crippen LogP contribution in [0.25, 0.3) is 0 Å². The molecule has 4 heteroatoms. The van der Waals surface area contributed by atoms with Gasteiger partial charge in [0.15, 0.2) is 0 Å². The summed E-state index contributed by atoms with van der Waals surface area (Å²) in [6.07, 6.45) is 4.66. The van der Waals surface area contributed by atoms with Crippen molar-refractivity contribution in [3.05, 3.63) is 35.9 Å². The molecule has 0 saturated carbocycles. The largest absolute Gasteiger partial charge is 0.394 e. The lowest BCUT2D eigenvalue weighted by atomic mass is 10.1. The number of rotatable bonds is 5. The molecule has 1 saturated heterocycles. The molecule has 1 aromatic carbocycles. The van der Waals surface area contributed by atoms with Gasteiger partial charge in [-0.15, -0.1) is 0 Å². The number of nitrogens with zero attached hydrogens (tertiary/aromatic N) is 1. The minimum absolute atomic E-state index is 0.00269. The van der Waals surface area contributed by atoms with Gasteiger partial charge in [0, 0.05) is 13.1 Å². The van der Waals surface area contributed by atoms with E-state index >= 15 is 0 Å². The van der Waals surface area contributed by atoms with Crippen LogP contribution < -0.4 is 5.32 Å². The van der Waals surface area contributed by atoms with Crippen LogP contribution >= 0.6 is 0 Å². The van der Waals surface area contributed by atoms with E-state index in [9.17, 15) is 9.90 Å². The van der Waals surface area contributed by atoms with Gasteiger partial charge in [0.1, 0.15) is 0 Å². The Balaban J connectivity index is 1.84. The van der Waals surface area contributed by atoms with Gasteiger partial charge in [0.05, 0.1) is 19.2 Å². The number of benzene rings is 1. The Hall–Kier alpha value is -1.39. The van der Waals surface area contributed by atoms with Gasteiger partial charge in [-0.1, -0.05) is 43.2 Å². The maximum atomic E-state index is 12.2. The zero-order valence-corrected chi connectivity index (χ0v) is 11.9. The highest BCUT2D eigenvalue weighted by Gasteiger charge is 2.17. The van der Waals surface area contributed by atoms with Gasteiger partial charge in [-0.05, 0) is 18.4 Å². The van der Waals surface area contributed by atoms with E-state index in [0.29, 0.717) is 6.54 Å². The number of amides is 1. The summed E-state index contributed by atoms with van der Waals surface area (Å²) < 4.78 is 0. The Kier molecular flexibility index (Phi) is 6.02. The van der Waals surface area contributed by atoms with Crippen molar-refractivity contribution >= 4 is 5.91 Å². The fourth-order valence-corrected chi connectivity index (χ4v) is 2.62. The molecule has 1 aromatic rings. The highest BCUT2D eigenvalue weighted by molar-refractivity contribution is 5.78. The van der Waals surface area contributed by atoms with Crippen molar-refractivity contribution in [2.24, 2.45) is 0 Å². The lowest BCUT2D eigenvalue weighted by molar-refractivity contribution is -0.130. The number of nitrogens with one attached hydrogen (secondary N) is 1. The van der Waals surface area contributed by atoms with Crippen molar-refractivity contribution < 1.29 is 9.90 Å². The topological polar surface area (TPSA) is 52.6 Å². The van der Waals surface area contributed by atoms with Gasteiger partial charge in [-0.3, -0.25) is 10.1 Å². The molecule has 1 aliphatic heterocycles. The molecular formula is C16H24N2O2. The minimum atomic E-state index is -0.174. The van der Waals surface area contributed by atoms with Crippen LogP contribution in [0.5, 0.6) is 0 Å². The molecule has 1 heterocycles. The van der Waals surface area contributed by atoms with Crippen LogP contribution in [0.4, 0.5) is 0 Å².